The average molecular weight is 242 g/mol. The second kappa shape index (κ2) is 4.46. The van der Waals surface area contributed by atoms with Crippen molar-refractivity contribution in [3.63, 3.8) is 0 Å². The first kappa shape index (κ1) is 12.1. The van der Waals surface area contributed by atoms with Gasteiger partial charge < -0.3 is 4.57 Å². The van der Waals surface area contributed by atoms with Gasteiger partial charge in [0, 0.05) is 23.5 Å². The highest BCUT2D eigenvalue weighted by molar-refractivity contribution is 5.51. The summed E-state index contributed by atoms with van der Waals surface area (Å²) in [6, 6.07) is 9.22. The van der Waals surface area contributed by atoms with Gasteiger partial charge in [-0.25, -0.2) is 4.39 Å². The van der Waals surface area contributed by atoms with Crippen LogP contribution in [0.2, 0.25) is 0 Å². The number of benzene rings is 1. The predicted octanol–water partition coefficient (Wildman–Crippen LogP) is 2.47. The smallest absolute Gasteiger partial charge is 0.182 e. The van der Waals surface area contributed by atoms with Crippen molar-refractivity contribution in [2.24, 2.45) is 0 Å². The molecule has 1 aromatic heterocycles. The molecule has 3 nitrogen and oxygen atoms in total. The maximum atomic E-state index is 13.6. The Kier molecular flexibility index (Phi) is 2.99. The van der Waals surface area contributed by atoms with Crippen LogP contribution >= 0.6 is 0 Å². The van der Waals surface area contributed by atoms with Crippen LogP contribution in [0.4, 0.5) is 4.39 Å². The maximum Gasteiger partial charge on any atom is 0.182 e. The molecule has 4 heteroatoms. The molecule has 90 valence electrons. The van der Waals surface area contributed by atoms with E-state index in [2.05, 4.69) is 0 Å². The summed E-state index contributed by atoms with van der Waals surface area (Å²) in [4.78, 5) is 11.4. The summed E-state index contributed by atoms with van der Waals surface area (Å²) in [5, 5.41) is 9.03. The van der Waals surface area contributed by atoms with Crippen LogP contribution in [-0.2, 0) is 0 Å². The van der Waals surface area contributed by atoms with Crippen LogP contribution in [-0.4, -0.2) is 4.57 Å². The second-order valence-electron chi connectivity index (χ2n) is 4.05. The van der Waals surface area contributed by atoms with Crippen molar-refractivity contribution in [3.05, 3.63) is 63.3 Å². The maximum absolute atomic E-state index is 13.6. The summed E-state index contributed by atoms with van der Waals surface area (Å²) in [5.41, 5.74) is 1.67. The van der Waals surface area contributed by atoms with Gasteiger partial charge in [-0.2, -0.15) is 5.26 Å². The lowest BCUT2D eigenvalue weighted by molar-refractivity contribution is 0.622. The van der Waals surface area contributed by atoms with Crippen molar-refractivity contribution >= 4 is 0 Å². The topological polar surface area (TPSA) is 45.8 Å². The van der Waals surface area contributed by atoms with Gasteiger partial charge in [-0.1, -0.05) is 6.07 Å². The fourth-order valence-corrected chi connectivity index (χ4v) is 2.05. The number of halogens is 1. The zero-order chi connectivity index (χ0) is 13.3. The Bertz CT molecular complexity index is 684. The Morgan fingerprint density at radius 3 is 2.39 bits per heavy atom. The van der Waals surface area contributed by atoms with E-state index in [-0.39, 0.29) is 11.0 Å². The third-order valence-corrected chi connectivity index (χ3v) is 2.75. The number of aryl methyl sites for hydroxylation is 2. The molecule has 0 N–H and O–H groups in total. The second-order valence-corrected chi connectivity index (χ2v) is 4.05. The van der Waals surface area contributed by atoms with E-state index in [0.717, 1.165) is 0 Å². The molecule has 2 rings (SSSR count). The minimum Gasteiger partial charge on any atom is -0.317 e. The molecule has 0 bridgehead atoms. The minimum absolute atomic E-state index is 0.0210. The number of nitriles is 1. The summed E-state index contributed by atoms with van der Waals surface area (Å²) in [5.74, 6) is -0.562. The van der Waals surface area contributed by atoms with Crippen LogP contribution in [0.5, 0.6) is 0 Å². The molecule has 0 saturated carbocycles. The Morgan fingerprint density at radius 1 is 1.22 bits per heavy atom. The van der Waals surface area contributed by atoms with E-state index in [1.54, 1.807) is 30.5 Å². The molecule has 2 aromatic rings. The molecule has 0 unspecified atom stereocenters. The fourth-order valence-electron chi connectivity index (χ4n) is 2.05. The van der Waals surface area contributed by atoms with E-state index >= 15 is 0 Å². The fraction of sp³-hybridized carbons (Fsp3) is 0.143. The normalized spacial score (nSPS) is 10.1. The molecule has 0 atom stereocenters. The molecule has 0 fully saturated rings. The van der Waals surface area contributed by atoms with Gasteiger partial charge >= 0.3 is 0 Å². The number of pyridine rings is 1. The molecule has 0 aliphatic carbocycles. The molecule has 0 saturated heterocycles. The van der Waals surface area contributed by atoms with Crippen LogP contribution in [0.25, 0.3) is 5.69 Å². The first-order valence-electron chi connectivity index (χ1n) is 5.44. The highest BCUT2D eigenvalue weighted by atomic mass is 19.1. The van der Waals surface area contributed by atoms with E-state index < -0.39 is 5.82 Å². The lowest BCUT2D eigenvalue weighted by Crippen LogP contribution is -2.12. The van der Waals surface area contributed by atoms with Crippen molar-refractivity contribution in [3.8, 4) is 11.8 Å². The molecule has 0 amide bonds. The molecule has 1 heterocycles. The quantitative estimate of drug-likeness (QED) is 0.771. The summed E-state index contributed by atoms with van der Waals surface area (Å²) < 4.78 is 15.3. The highest BCUT2D eigenvalue weighted by Gasteiger charge is 2.12. The van der Waals surface area contributed by atoms with Crippen molar-refractivity contribution < 1.29 is 4.39 Å². The summed E-state index contributed by atoms with van der Waals surface area (Å²) in [6.07, 6.45) is 0. The van der Waals surface area contributed by atoms with E-state index in [0.29, 0.717) is 17.1 Å². The van der Waals surface area contributed by atoms with Crippen molar-refractivity contribution in [2.45, 2.75) is 13.8 Å². The number of nitrogens with zero attached hydrogens (tertiary/aromatic N) is 2. The largest absolute Gasteiger partial charge is 0.317 e. The van der Waals surface area contributed by atoms with Gasteiger partial charge in [-0.3, -0.25) is 4.79 Å². The van der Waals surface area contributed by atoms with Gasteiger partial charge in [0.1, 0.15) is 17.4 Å². The Balaban J connectivity index is 2.83. The monoisotopic (exact) mass is 242 g/mol. The molecule has 0 spiro atoms. The lowest BCUT2D eigenvalue weighted by atomic mass is 10.1. The minimum atomic E-state index is -0.562. The molecular formula is C14H11FN2O. The molecule has 0 aliphatic heterocycles. The van der Waals surface area contributed by atoms with E-state index in [4.69, 9.17) is 5.26 Å². The molecule has 18 heavy (non-hydrogen) atoms. The molecule has 0 radical (unpaired) electrons. The van der Waals surface area contributed by atoms with Crippen LogP contribution < -0.4 is 5.43 Å². The van der Waals surface area contributed by atoms with Gasteiger partial charge in [0.15, 0.2) is 5.43 Å². The Hall–Kier alpha value is -2.41. The van der Waals surface area contributed by atoms with Gasteiger partial charge in [-0.05, 0) is 26.0 Å². The van der Waals surface area contributed by atoms with Gasteiger partial charge in [-0.15, -0.1) is 0 Å². The third-order valence-electron chi connectivity index (χ3n) is 2.75. The Labute approximate surface area is 104 Å². The zero-order valence-corrected chi connectivity index (χ0v) is 10.1. The number of hydrogen-bond donors (Lipinski definition) is 0. The number of aromatic nitrogens is 1. The standard InChI is InChI=1S/C14H11FN2O/c1-9-6-11(18)7-10(2)17(9)14-5-3-4-13(15)12(14)8-16/h3-7H,1-2H3. The van der Waals surface area contributed by atoms with Gasteiger partial charge in [0.05, 0.1) is 5.69 Å². The summed E-state index contributed by atoms with van der Waals surface area (Å²) in [7, 11) is 0. The first-order chi connectivity index (χ1) is 8.54. The number of hydrogen-bond acceptors (Lipinski definition) is 2. The first-order valence-corrected chi connectivity index (χ1v) is 5.44. The Morgan fingerprint density at radius 2 is 1.83 bits per heavy atom. The summed E-state index contributed by atoms with van der Waals surface area (Å²) in [6.45, 7) is 3.50. The van der Waals surface area contributed by atoms with Crippen molar-refractivity contribution in [1.29, 1.82) is 5.26 Å². The van der Waals surface area contributed by atoms with Crippen molar-refractivity contribution in [1.82, 2.24) is 4.57 Å². The zero-order valence-electron chi connectivity index (χ0n) is 10.1. The molecule has 1 aromatic carbocycles. The van der Waals surface area contributed by atoms with E-state index in [1.165, 1.54) is 18.2 Å². The van der Waals surface area contributed by atoms with Crippen LogP contribution in [0.3, 0.4) is 0 Å². The van der Waals surface area contributed by atoms with Gasteiger partial charge in [0.25, 0.3) is 0 Å². The average Bonchev–Trinajstić information content (AvgIpc) is 2.27. The lowest BCUT2D eigenvalue weighted by Gasteiger charge is -2.15. The molecule has 0 aliphatic rings. The molecular weight excluding hydrogens is 231 g/mol. The van der Waals surface area contributed by atoms with Crippen LogP contribution in [0, 0.1) is 31.0 Å². The van der Waals surface area contributed by atoms with Crippen LogP contribution in [0.1, 0.15) is 17.0 Å². The van der Waals surface area contributed by atoms with E-state index in [9.17, 15) is 9.18 Å². The SMILES string of the molecule is Cc1cc(=O)cc(C)n1-c1cccc(F)c1C#N. The van der Waals surface area contributed by atoms with Crippen molar-refractivity contribution in [2.75, 3.05) is 0 Å². The predicted molar refractivity (Wildman–Crippen MR) is 66.2 cm³/mol. The highest BCUT2D eigenvalue weighted by Crippen LogP contribution is 2.19. The van der Waals surface area contributed by atoms with Crippen LogP contribution in [0.15, 0.2) is 35.1 Å². The van der Waals surface area contributed by atoms with Gasteiger partial charge in [0.2, 0.25) is 0 Å². The van der Waals surface area contributed by atoms with E-state index in [1.807, 2.05) is 6.07 Å². The third kappa shape index (κ3) is 1.91. The number of rotatable bonds is 1. The summed E-state index contributed by atoms with van der Waals surface area (Å²) >= 11 is 0.